The number of hydrazine groups is 1. The highest BCUT2D eigenvalue weighted by Gasteiger charge is 2.47. The Morgan fingerprint density at radius 3 is 2.62 bits per heavy atom. The molecule has 1 aliphatic rings. The molecule has 1 aliphatic carbocycles. The number of nitrogens with zero attached hydrogens (tertiary/aromatic N) is 2. The molecule has 1 amide bonds. The fraction of sp³-hybridized carbons (Fsp3) is 0.286. The van der Waals surface area contributed by atoms with Crippen LogP contribution in [0.3, 0.4) is 0 Å². The van der Waals surface area contributed by atoms with Crippen LogP contribution in [0.15, 0.2) is 36.2 Å². The minimum absolute atomic E-state index is 0.149. The highest BCUT2D eigenvalue weighted by molar-refractivity contribution is 6.30. The summed E-state index contributed by atoms with van der Waals surface area (Å²) in [6, 6.07) is 8.69. The van der Waals surface area contributed by atoms with Crippen molar-refractivity contribution in [2.45, 2.75) is 18.4 Å². The van der Waals surface area contributed by atoms with Gasteiger partial charge in [0.2, 0.25) is 0 Å². The van der Waals surface area contributed by atoms with E-state index in [1.54, 1.807) is 24.3 Å². The van der Waals surface area contributed by atoms with E-state index in [0.29, 0.717) is 16.3 Å². The number of carbonyl (C=O) groups is 1. The number of nitriles is 1. The lowest BCUT2D eigenvalue weighted by molar-refractivity contribution is 0.0956. The van der Waals surface area contributed by atoms with E-state index in [0.717, 1.165) is 12.8 Å². The summed E-state index contributed by atoms with van der Waals surface area (Å²) in [6.07, 6.45) is 2.93. The molecular formula is C14H16ClN5O. The van der Waals surface area contributed by atoms with Crippen molar-refractivity contribution in [1.29, 1.82) is 5.26 Å². The second-order valence-electron chi connectivity index (χ2n) is 4.94. The number of nitrogens with one attached hydrogen (secondary N) is 1. The third kappa shape index (κ3) is 3.66. The second-order valence-corrected chi connectivity index (χ2v) is 5.38. The maximum atomic E-state index is 11.9. The van der Waals surface area contributed by atoms with Gasteiger partial charge < -0.3 is 11.1 Å². The van der Waals surface area contributed by atoms with Crippen LogP contribution in [0.1, 0.15) is 23.2 Å². The van der Waals surface area contributed by atoms with Crippen LogP contribution in [-0.4, -0.2) is 23.0 Å². The molecule has 0 spiro atoms. The van der Waals surface area contributed by atoms with E-state index in [-0.39, 0.29) is 12.5 Å². The third-order valence-corrected chi connectivity index (χ3v) is 3.54. The molecule has 21 heavy (non-hydrogen) atoms. The van der Waals surface area contributed by atoms with Gasteiger partial charge in [-0.1, -0.05) is 11.6 Å². The van der Waals surface area contributed by atoms with Gasteiger partial charge in [-0.2, -0.15) is 5.26 Å². The number of hydrogen-bond donors (Lipinski definition) is 3. The van der Waals surface area contributed by atoms with E-state index in [1.807, 2.05) is 0 Å². The summed E-state index contributed by atoms with van der Waals surface area (Å²) in [4.78, 5) is 11.9. The van der Waals surface area contributed by atoms with Crippen LogP contribution < -0.4 is 16.9 Å². The molecule has 7 heteroatoms. The lowest BCUT2D eigenvalue weighted by Crippen LogP contribution is -2.39. The molecule has 110 valence electrons. The monoisotopic (exact) mass is 305 g/mol. The maximum Gasteiger partial charge on any atom is 0.251 e. The molecule has 0 heterocycles. The molecule has 0 unspecified atom stereocenters. The topological polar surface area (TPSA) is 108 Å². The van der Waals surface area contributed by atoms with Crippen molar-refractivity contribution in [3.8, 4) is 6.07 Å². The average molecular weight is 306 g/mol. The quantitative estimate of drug-likeness (QED) is 0.557. The van der Waals surface area contributed by atoms with Crippen molar-refractivity contribution in [2.24, 2.45) is 11.6 Å². The standard InChI is InChI=1S/C14H16ClN5O/c15-11-3-1-10(2-4-11)13(21)19-7-12(17)8-20(18)14(9-16)5-6-14/h1-4,8H,5-7,17-18H2,(H,19,21)/b12-8-. The minimum atomic E-state index is -0.634. The first-order valence-corrected chi connectivity index (χ1v) is 6.80. The molecule has 0 atom stereocenters. The molecule has 0 radical (unpaired) electrons. The summed E-state index contributed by atoms with van der Waals surface area (Å²) < 4.78 is 0. The van der Waals surface area contributed by atoms with Crippen LogP contribution in [0.2, 0.25) is 5.02 Å². The molecule has 0 bridgehead atoms. The summed E-state index contributed by atoms with van der Waals surface area (Å²) in [5, 5.41) is 13.6. The van der Waals surface area contributed by atoms with Crippen LogP contribution in [0.4, 0.5) is 0 Å². The Kier molecular flexibility index (Phi) is 4.36. The summed E-state index contributed by atoms with van der Waals surface area (Å²) in [6.45, 7) is 0.149. The van der Waals surface area contributed by atoms with Crippen LogP contribution in [0.5, 0.6) is 0 Å². The predicted octanol–water partition coefficient (Wildman–Crippen LogP) is 1.10. The van der Waals surface area contributed by atoms with Gasteiger partial charge in [0.1, 0.15) is 5.54 Å². The number of rotatable bonds is 5. The van der Waals surface area contributed by atoms with E-state index in [2.05, 4.69) is 11.4 Å². The number of benzene rings is 1. The van der Waals surface area contributed by atoms with E-state index in [9.17, 15) is 4.79 Å². The fourth-order valence-corrected chi connectivity index (χ4v) is 1.91. The number of amides is 1. The fourth-order valence-electron chi connectivity index (χ4n) is 1.78. The van der Waals surface area contributed by atoms with Gasteiger partial charge in [0.05, 0.1) is 12.6 Å². The molecule has 1 aromatic carbocycles. The Bertz CT molecular complexity index is 601. The van der Waals surface area contributed by atoms with Gasteiger partial charge in [-0.3, -0.25) is 9.80 Å². The number of carbonyl (C=O) groups excluding carboxylic acids is 1. The van der Waals surface area contributed by atoms with Gasteiger partial charge in [0.15, 0.2) is 0 Å². The molecule has 0 aromatic heterocycles. The second kappa shape index (κ2) is 6.04. The predicted molar refractivity (Wildman–Crippen MR) is 79.7 cm³/mol. The van der Waals surface area contributed by atoms with E-state index in [4.69, 9.17) is 28.4 Å². The number of hydrogen-bond acceptors (Lipinski definition) is 5. The third-order valence-electron chi connectivity index (χ3n) is 3.29. The Hall–Kier alpha value is -2.23. The van der Waals surface area contributed by atoms with E-state index in [1.165, 1.54) is 11.2 Å². The van der Waals surface area contributed by atoms with Gasteiger partial charge in [0.25, 0.3) is 5.91 Å². The summed E-state index contributed by atoms with van der Waals surface area (Å²) in [5.74, 6) is 5.53. The normalized spacial score (nSPS) is 16.0. The number of halogens is 1. The van der Waals surface area contributed by atoms with Crippen LogP contribution in [0.25, 0.3) is 0 Å². The van der Waals surface area contributed by atoms with Crippen LogP contribution in [-0.2, 0) is 0 Å². The van der Waals surface area contributed by atoms with E-state index >= 15 is 0 Å². The van der Waals surface area contributed by atoms with Gasteiger partial charge in [-0.05, 0) is 37.1 Å². The SMILES string of the molecule is N#CC1(N(N)/C=C(\N)CNC(=O)c2ccc(Cl)cc2)CC1. The van der Waals surface area contributed by atoms with Gasteiger partial charge >= 0.3 is 0 Å². The first-order chi connectivity index (χ1) is 9.97. The Morgan fingerprint density at radius 2 is 2.10 bits per heavy atom. The van der Waals surface area contributed by atoms with Crippen molar-refractivity contribution >= 4 is 17.5 Å². The molecule has 5 N–H and O–H groups in total. The zero-order valence-corrected chi connectivity index (χ0v) is 12.1. The molecule has 1 fully saturated rings. The van der Waals surface area contributed by atoms with Crippen molar-refractivity contribution in [3.05, 3.63) is 46.7 Å². The summed E-state index contributed by atoms with van der Waals surface area (Å²) >= 11 is 5.76. The van der Waals surface area contributed by atoms with Crippen molar-refractivity contribution < 1.29 is 4.79 Å². The molecule has 1 saturated carbocycles. The van der Waals surface area contributed by atoms with Gasteiger partial charge in [-0.15, -0.1) is 0 Å². The summed E-state index contributed by atoms with van der Waals surface area (Å²) in [5.41, 5.74) is 6.03. The number of nitrogens with two attached hydrogens (primary N) is 2. The lowest BCUT2D eigenvalue weighted by Gasteiger charge is -2.20. The van der Waals surface area contributed by atoms with Crippen LogP contribution >= 0.6 is 11.6 Å². The summed E-state index contributed by atoms with van der Waals surface area (Å²) in [7, 11) is 0. The molecular weight excluding hydrogens is 290 g/mol. The molecule has 0 aliphatic heterocycles. The molecule has 1 aromatic rings. The lowest BCUT2D eigenvalue weighted by atomic mass is 10.2. The average Bonchev–Trinajstić information content (AvgIpc) is 3.26. The van der Waals surface area contributed by atoms with Crippen molar-refractivity contribution in [1.82, 2.24) is 10.3 Å². The van der Waals surface area contributed by atoms with Gasteiger partial charge in [0, 0.05) is 22.5 Å². The van der Waals surface area contributed by atoms with E-state index < -0.39 is 5.54 Å². The molecule has 0 saturated heterocycles. The first-order valence-electron chi connectivity index (χ1n) is 6.42. The zero-order valence-electron chi connectivity index (χ0n) is 11.3. The van der Waals surface area contributed by atoms with Gasteiger partial charge in [-0.25, -0.2) is 5.84 Å². The molecule has 6 nitrogen and oxygen atoms in total. The minimum Gasteiger partial charge on any atom is -0.399 e. The largest absolute Gasteiger partial charge is 0.399 e. The maximum absolute atomic E-state index is 11.9. The van der Waals surface area contributed by atoms with Crippen molar-refractivity contribution in [3.63, 3.8) is 0 Å². The Morgan fingerprint density at radius 1 is 1.48 bits per heavy atom. The van der Waals surface area contributed by atoms with Crippen LogP contribution in [0, 0.1) is 11.3 Å². The zero-order chi connectivity index (χ0) is 15.5. The highest BCUT2D eigenvalue weighted by Crippen LogP contribution is 2.39. The first kappa shape index (κ1) is 15.2. The highest BCUT2D eigenvalue weighted by atomic mass is 35.5. The molecule has 2 rings (SSSR count). The Balaban J connectivity index is 1.89. The van der Waals surface area contributed by atoms with Crippen molar-refractivity contribution in [2.75, 3.05) is 6.54 Å². The smallest absolute Gasteiger partial charge is 0.251 e. The Labute approximate surface area is 127 Å².